The summed E-state index contributed by atoms with van der Waals surface area (Å²) in [6.07, 6.45) is 1.89. The molecule has 0 saturated heterocycles. The van der Waals surface area contributed by atoms with Crippen molar-refractivity contribution in [2.45, 2.75) is 0 Å². The molecule has 6 nitrogen and oxygen atoms in total. The van der Waals surface area contributed by atoms with Gasteiger partial charge in [-0.3, -0.25) is 4.98 Å². The second-order valence-corrected chi connectivity index (χ2v) is 18.5. The third-order valence-corrected chi connectivity index (χ3v) is 15.4. The maximum Gasteiger partial charge on any atom is 0.220 e. The Labute approximate surface area is 391 Å². The minimum Gasteiger partial charge on any atom is -0.455 e. The van der Waals surface area contributed by atoms with E-state index in [0.29, 0.717) is 28.2 Å². The van der Waals surface area contributed by atoms with E-state index in [2.05, 4.69) is 141 Å². The fourth-order valence-corrected chi connectivity index (χ4v) is 12.7. The van der Waals surface area contributed by atoms with E-state index in [9.17, 15) is 11.8 Å². The maximum atomic E-state index is 12.0. The van der Waals surface area contributed by atoms with Crippen molar-refractivity contribution in [1.82, 2.24) is 14.1 Å². The third kappa shape index (κ3) is 4.69. The van der Waals surface area contributed by atoms with Gasteiger partial charge >= 0.3 is 0 Å². The molecule has 5 aromatic heterocycles. The fourth-order valence-electron chi connectivity index (χ4n) is 11.5. The van der Waals surface area contributed by atoms with Crippen LogP contribution in [0.25, 0.3) is 146 Å². The van der Waals surface area contributed by atoms with Crippen molar-refractivity contribution in [3.8, 4) is 39.7 Å². The standard InChI is InChI=1S/C61H31N5OS/c1-63-56-50(34-15-4-2-5-16-34)44(33-62)57(51(35-17-6-3-7-18-35)59(56)65-45-24-14-23-39-36-19-8-9-22-40(36)55-54(52(39)45)47(65)31-32-64-55)66-46-30-29-41-37-20-10-12-25-48(37)67-60(41)53(46)43-28-27-42-38-21-11-13-26-49(38)68-61(42)58(43)66/h2-32H. The van der Waals surface area contributed by atoms with E-state index in [-0.39, 0.29) is 0 Å². The molecule has 0 aliphatic rings. The van der Waals surface area contributed by atoms with Crippen LogP contribution in [0, 0.1) is 17.9 Å². The van der Waals surface area contributed by atoms with Gasteiger partial charge in [0, 0.05) is 65.1 Å². The average Bonchev–Trinajstić information content (AvgIpc) is 4.16. The maximum absolute atomic E-state index is 12.0. The Morgan fingerprint density at radius 1 is 0.515 bits per heavy atom. The Balaban J connectivity index is 1.25. The molecule has 5 heterocycles. The van der Waals surface area contributed by atoms with Gasteiger partial charge in [0.05, 0.1) is 61.2 Å². The highest BCUT2D eigenvalue weighted by atomic mass is 32.1. The molecule has 0 amide bonds. The zero-order chi connectivity index (χ0) is 44.8. The Bertz CT molecular complexity index is 4660. The van der Waals surface area contributed by atoms with Crippen molar-refractivity contribution in [2.24, 2.45) is 0 Å². The molecule has 312 valence electrons. The Morgan fingerprint density at radius 3 is 1.96 bits per heavy atom. The first-order valence-electron chi connectivity index (χ1n) is 22.6. The highest BCUT2D eigenvalue weighted by Gasteiger charge is 2.33. The summed E-state index contributed by atoms with van der Waals surface area (Å²) in [6.45, 7) is 9.32. The molecule has 68 heavy (non-hydrogen) atoms. The fraction of sp³-hybridized carbons (Fsp3) is 0. The summed E-state index contributed by atoms with van der Waals surface area (Å²) in [6, 6.07) is 65.8. The Morgan fingerprint density at radius 2 is 1.16 bits per heavy atom. The number of pyridine rings is 1. The summed E-state index contributed by atoms with van der Waals surface area (Å²) in [7, 11) is 0. The number of hydrogen-bond acceptors (Lipinski definition) is 4. The lowest BCUT2D eigenvalue weighted by molar-refractivity contribution is 0.673. The van der Waals surface area contributed by atoms with Crippen LogP contribution in [0.2, 0.25) is 0 Å². The lowest BCUT2D eigenvalue weighted by atomic mass is 9.88. The van der Waals surface area contributed by atoms with E-state index in [1.807, 2.05) is 66.9 Å². The van der Waals surface area contributed by atoms with Crippen LogP contribution in [-0.4, -0.2) is 14.1 Å². The number of thiophene rings is 1. The van der Waals surface area contributed by atoms with Gasteiger partial charge in [-0.1, -0.05) is 146 Å². The zero-order valence-electron chi connectivity index (χ0n) is 36.0. The topological polar surface area (TPSA) is 64.0 Å². The van der Waals surface area contributed by atoms with Crippen LogP contribution in [0.4, 0.5) is 5.69 Å². The number of benzene rings is 10. The highest BCUT2D eigenvalue weighted by molar-refractivity contribution is 7.26. The summed E-state index contributed by atoms with van der Waals surface area (Å²) in [5, 5.41) is 23.8. The van der Waals surface area contributed by atoms with E-state index in [0.717, 1.165) is 114 Å². The van der Waals surface area contributed by atoms with Crippen LogP contribution in [-0.2, 0) is 0 Å². The van der Waals surface area contributed by atoms with Crippen LogP contribution in [0.15, 0.2) is 193 Å². The zero-order valence-corrected chi connectivity index (χ0v) is 36.8. The van der Waals surface area contributed by atoms with Crippen molar-refractivity contribution in [1.29, 1.82) is 5.26 Å². The summed E-state index contributed by atoms with van der Waals surface area (Å²) < 4.78 is 13.8. The van der Waals surface area contributed by atoms with Crippen LogP contribution in [0.5, 0.6) is 0 Å². The summed E-state index contributed by atoms with van der Waals surface area (Å²) in [5.41, 5.74) is 11.5. The predicted octanol–water partition coefficient (Wildman–Crippen LogP) is 17.0. The van der Waals surface area contributed by atoms with Crippen LogP contribution in [0.1, 0.15) is 5.56 Å². The van der Waals surface area contributed by atoms with Crippen molar-refractivity contribution in [3.63, 3.8) is 0 Å². The van der Waals surface area contributed by atoms with E-state index in [1.54, 1.807) is 11.3 Å². The number of nitrogens with zero attached hydrogens (tertiary/aromatic N) is 5. The molecule has 0 bridgehead atoms. The molecule has 0 fully saturated rings. The van der Waals surface area contributed by atoms with Crippen LogP contribution >= 0.6 is 11.3 Å². The molecule has 0 radical (unpaired) electrons. The monoisotopic (exact) mass is 881 g/mol. The summed E-state index contributed by atoms with van der Waals surface area (Å²) in [5.74, 6) is 0. The number of aromatic nitrogens is 3. The number of para-hydroxylation sites is 1. The number of hydrogen-bond donors (Lipinski definition) is 0. The van der Waals surface area contributed by atoms with E-state index < -0.39 is 0 Å². The first-order valence-corrected chi connectivity index (χ1v) is 23.4. The number of rotatable bonds is 4. The number of nitriles is 1. The average molecular weight is 882 g/mol. The van der Waals surface area contributed by atoms with Crippen LogP contribution in [0.3, 0.4) is 0 Å². The minimum absolute atomic E-state index is 0.391. The third-order valence-electron chi connectivity index (χ3n) is 14.2. The van der Waals surface area contributed by atoms with Gasteiger partial charge in [-0.05, 0) is 58.3 Å². The lowest BCUT2D eigenvalue weighted by Crippen LogP contribution is -2.08. The molecule has 0 unspecified atom stereocenters. The van der Waals surface area contributed by atoms with Gasteiger partial charge in [-0.2, -0.15) is 5.26 Å². The molecular formula is C61H31N5OS. The number of furan rings is 1. The number of fused-ring (bicyclic) bond motifs is 14. The summed E-state index contributed by atoms with van der Waals surface area (Å²) >= 11 is 1.76. The molecule has 0 saturated carbocycles. The second kappa shape index (κ2) is 13.6. The van der Waals surface area contributed by atoms with Gasteiger partial charge in [-0.25, -0.2) is 4.85 Å². The van der Waals surface area contributed by atoms with E-state index in [4.69, 9.17) is 9.40 Å². The van der Waals surface area contributed by atoms with Gasteiger partial charge < -0.3 is 13.6 Å². The molecule has 0 aliphatic carbocycles. The van der Waals surface area contributed by atoms with Crippen molar-refractivity contribution >= 4 is 124 Å². The van der Waals surface area contributed by atoms with E-state index >= 15 is 0 Å². The molecule has 0 N–H and O–H groups in total. The molecule has 7 heteroatoms. The molecule has 0 aliphatic heterocycles. The van der Waals surface area contributed by atoms with Crippen molar-refractivity contribution in [2.75, 3.05) is 0 Å². The normalized spacial score (nSPS) is 12.1. The van der Waals surface area contributed by atoms with Gasteiger partial charge in [0.25, 0.3) is 0 Å². The van der Waals surface area contributed by atoms with Gasteiger partial charge in [0.2, 0.25) is 5.69 Å². The quantitative estimate of drug-likeness (QED) is 0.131. The first kappa shape index (κ1) is 37.0. The SMILES string of the molecule is [C-]#[N+]c1c(-c2ccccc2)c(C#N)c(-n2c3ccc4c5ccccc5oc4c3c3ccc4c5ccccc5sc4c32)c(-c2ccccc2)c1-n1c2cccc3c4ccccc4c4nccc1c4c32. The van der Waals surface area contributed by atoms with Gasteiger partial charge in [0.1, 0.15) is 17.2 Å². The van der Waals surface area contributed by atoms with Crippen molar-refractivity contribution < 1.29 is 4.42 Å². The lowest BCUT2D eigenvalue weighted by Gasteiger charge is -2.25. The molecule has 15 rings (SSSR count). The summed E-state index contributed by atoms with van der Waals surface area (Å²) in [4.78, 5) is 9.61. The van der Waals surface area contributed by atoms with Gasteiger partial charge in [0.15, 0.2) is 0 Å². The molecule has 0 spiro atoms. The van der Waals surface area contributed by atoms with Crippen molar-refractivity contribution in [3.05, 3.63) is 205 Å². The Kier molecular flexibility index (Phi) is 7.42. The predicted molar refractivity (Wildman–Crippen MR) is 281 cm³/mol. The van der Waals surface area contributed by atoms with E-state index in [1.165, 1.54) is 10.1 Å². The molecular weight excluding hydrogens is 851 g/mol. The van der Waals surface area contributed by atoms with Crippen LogP contribution < -0.4 is 0 Å². The molecule has 15 aromatic rings. The molecule has 0 atom stereocenters. The Hall–Kier alpha value is -9.27. The minimum atomic E-state index is 0.391. The smallest absolute Gasteiger partial charge is 0.220 e. The highest BCUT2D eigenvalue weighted by Crippen LogP contribution is 2.55. The van der Waals surface area contributed by atoms with Gasteiger partial charge in [-0.15, -0.1) is 11.3 Å². The second-order valence-electron chi connectivity index (χ2n) is 17.5. The first-order chi connectivity index (χ1) is 33.7. The largest absolute Gasteiger partial charge is 0.455 e. The molecule has 10 aromatic carbocycles.